The smallest absolute Gasteiger partial charge is 0.325 e. The Labute approximate surface area is 122 Å². The van der Waals surface area contributed by atoms with Crippen LogP contribution in [0.5, 0.6) is 0 Å². The van der Waals surface area contributed by atoms with Crippen LogP contribution in [0.4, 0.5) is 0 Å². The molecule has 3 atom stereocenters. The van der Waals surface area contributed by atoms with Gasteiger partial charge in [-0.15, -0.1) is 0 Å². The van der Waals surface area contributed by atoms with Gasteiger partial charge < -0.3 is 20.1 Å². The van der Waals surface area contributed by atoms with E-state index in [9.17, 15) is 4.79 Å². The zero-order valence-electron chi connectivity index (χ0n) is 13.4. The number of esters is 1. The SMILES string of the molecule is CCOC(=O)C(C)(N)CC(C)N1CCCC(COC)C1. The van der Waals surface area contributed by atoms with Crippen molar-refractivity contribution < 1.29 is 14.3 Å². The normalized spacial score (nSPS) is 24.9. The number of nitrogens with two attached hydrogens (primary N) is 1. The lowest BCUT2D eigenvalue weighted by atomic mass is 9.91. The summed E-state index contributed by atoms with van der Waals surface area (Å²) in [6.45, 7) is 8.98. The lowest BCUT2D eigenvalue weighted by Gasteiger charge is -2.39. The Morgan fingerprint density at radius 2 is 2.25 bits per heavy atom. The molecule has 0 aliphatic carbocycles. The summed E-state index contributed by atoms with van der Waals surface area (Å²) >= 11 is 0. The average Bonchev–Trinajstić information content (AvgIpc) is 2.39. The second-order valence-electron chi connectivity index (χ2n) is 6.15. The van der Waals surface area contributed by atoms with Crippen LogP contribution < -0.4 is 5.73 Å². The maximum atomic E-state index is 11.9. The van der Waals surface area contributed by atoms with Crippen molar-refractivity contribution in [3.63, 3.8) is 0 Å². The number of methoxy groups -OCH3 is 1. The van der Waals surface area contributed by atoms with E-state index >= 15 is 0 Å². The van der Waals surface area contributed by atoms with E-state index in [1.54, 1.807) is 21.0 Å². The predicted molar refractivity (Wildman–Crippen MR) is 79.5 cm³/mol. The van der Waals surface area contributed by atoms with E-state index < -0.39 is 5.54 Å². The molecule has 2 N–H and O–H groups in total. The number of carbonyl (C=O) groups excluding carboxylic acids is 1. The van der Waals surface area contributed by atoms with Gasteiger partial charge in [0, 0.05) is 19.7 Å². The molecule has 1 heterocycles. The van der Waals surface area contributed by atoms with Gasteiger partial charge in [-0.2, -0.15) is 0 Å². The van der Waals surface area contributed by atoms with E-state index in [0.717, 1.165) is 19.7 Å². The number of ether oxygens (including phenoxy) is 2. The summed E-state index contributed by atoms with van der Waals surface area (Å²) in [6, 6.07) is 0.272. The standard InChI is InChI=1S/C15H30N2O3/c1-5-20-14(18)15(3,16)9-12(2)17-8-6-7-13(10-17)11-19-4/h12-13H,5-11,16H2,1-4H3. The summed E-state index contributed by atoms with van der Waals surface area (Å²) in [6.07, 6.45) is 3.01. The van der Waals surface area contributed by atoms with Crippen molar-refractivity contribution in [2.24, 2.45) is 11.7 Å². The maximum absolute atomic E-state index is 11.9. The monoisotopic (exact) mass is 286 g/mol. The lowest BCUT2D eigenvalue weighted by molar-refractivity contribution is -0.149. The number of likely N-dealkylation sites (tertiary alicyclic amines) is 1. The topological polar surface area (TPSA) is 64.8 Å². The largest absolute Gasteiger partial charge is 0.465 e. The highest BCUT2D eigenvalue weighted by Gasteiger charge is 2.34. The summed E-state index contributed by atoms with van der Waals surface area (Å²) in [4.78, 5) is 14.3. The second kappa shape index (κ2) is 7.96. The maximum Gasteiger partial charge on any atom is 0.325 e. The zero-order valence-corrected chi connectivity index (χ0v) is 13.4. The van der Waals surface area contributed by atoms with Crippen LogP contribution in [0, 0.1) is 5.92 Å². The Bertz CT molecular complexity index is 305. The van der Waals surface area contributed by atoms with Gasteiger partial charge in [-0.1, -0.05) is 0 Å². The first-order valence-electron chi connectivity index (χ1n) is 7.59. The van der Waals surface area contributed by atoms with Crippen LogP contribution in [0.3, 0.4) is 0 Å². The molecule has 0 aromatic heterocycles. The van der Waals surface area contributed by atoms with E-state index in [0.29, 0.717) is 18.9 Å². The van der Waals surface area contributed by atoms with Gasteiger partial charge in [-0.3, -0.25) is 4.79 Å². The Morgan fingerprint density at radius 3 is 2.85 bits per heavy atom. The number of hydrogen-bond acceptors (Lipinski definition) is 5. The molecule has 0 amide bonds. The highest BCUT2D eigenvalue weighted by Crippen LogP contribution is 2.22. The minimum Gasteiger partial charge on any atom is -0.465 e. The molecule has 3 unspecified atom stereocenters. The molecule has 1 aliphatic heterocycles. The first-order valence-corrected chi connectivity index (χ1v) is 7.59. The minimum atomic E-state index is -0.913. The molecule has 0 aromatic rings. The van der Waals surface area contributed by atoms with Crippen molar-refractivity contribution in [3.05, 3.63) is 0 Å². The molecule has 0 saturated carbocycles. The number of carbonyl (C=O) groups is 1. The van der Waals surface area contributed by atoms with E-state index in [1.165, 1.54) is 12.8 Å². The molecule has 118 valence electrons. The molecular weight excluding hydrogens is 256 g/mol. The Hall–Kier alpha value is -0.650. The molecule has 1 rings (SSSR count). The Balaban J connectivity index is 2.52. The first-order chi connectivity index (χ1) is 9.40. The van der Waals surface area contributed by atoms with Gasteiger partial charge in [0.15, 0.2) is 0 Å². The van der Waals surface area contributed by atoms with Crippen LogP contribution in [0.15, 0.2) is 0 Å². The van der Waals surface area contributed by atoms with E-state index in [2.05, 4.69) is 11.8 Å². The fourth-order valence-corrected chi connectivity index (χ4v) is 2.99. The summed E-state index contributed by atoms with van der Waals surface area (Å²) in [7, 11) is 1.75. The molecule has 5 nitrogen and oxygen atoms in total. The third-order valence-corrected chi connectivity index (χ3v) is 4.04. The van der Waals surface area contributed by atoms with Crippen molar-refractivity contribution in [2.75, 3.05) is 33.4 Å². The van der Waals surface area contributed by atoms with E-state index in [1.807, 2.05) is 0 Å². The second-order valence-corrected chi connectivity index (χ2v) is 6.15. The highest BCUT2D eigenvalue weighted by atomic mass is 16.5. The van der Waals surface area contributed by atoms with Gasteiger partial charge in [0.2, 0.25) is 0 Å². The van der Waals surface area contributed by atoms with Crippen molar-refractivity contribution >= 4 is 5.97 Å². The number of rotatable bonds is 7. The van der Waals surface area contributed by atoms with Crippen molar-refractivity contribution in [1.82, 2.24) is 4.90 Å². The van der Waals surface area contributed by atoms with E-state index in [4.69, 9.17) is 15.2 Å². The van der Waals surface area contributed by atoms with Gasteiger partial charge in [0.1, 0.15) is 5.54 Å². The summed E-state index contributed by atoms with van der Waals surface area (Å²) < 4.78 is 10.3. The molecule has 1 fully saturated rings. The van der Waals surface area contributed by atoms with Crippen LogP contribution in [-0.2, 0) is 14.3 Å². The molecule has 0 radical (unpaired) electrons. The van der Waals surface area contributed by atoms with Crippen LogP contribution in [0.25, 0.3) is 0 Å². The Morgan fingerprint density at radius 1 is 1.55 bits per heavy atom. The molecule has 0 aromatic carbocycles. The van der Waals surface area contributed by atoms with Gasteiger partial charge in [0.05, 0.1) is 13.2 Å². The molecule has 0 bridgehead atoms. The molecule has 0 spiro atoms. The third-order valence-electron chi connectivity index (χ3n) is 4.04. The van der Waals surface area contributed by atoms with Crippen molar-refractivity contribution in [1.29, 1.82) is 0 Å². The quantitative estimate of drug-likeness (QED) is 0.717. The number of nitrogens with zero attached hydrogens (tertiary/aromatic N) is 1. The van der Waals surface area contributed by atoms with Gasteiger partial charge in [0.25, 0.3) is 0 Å². The molecule has 1 saturated heterocycles. The van der Waals surface area contributed by atoms with Crippen LogP contribution in [-0.4, -0.2) is 55.9 Å². The minimum absolute atomic E-state index is 0.272. The summed E-state index contributed by atoms with van der Waals surface area (Å²) in [5.41, 5.74) is 5.21. The van der Waals surface area contributed by atoms with Crippen molar-refractivity contribution in [3.8, 4) is 0 Å². The molecule has 5 heteroatoms. The average molecular weight is 286 g/mol. The summed E-state index contributed by atoms with van der Waals surface area (Å²) in [5, 5.41) is 0. The van der Waals surface area contributed by atoms with Crippen molar-refractivity contribution in [2.45, 2.75) is 51.6 Å². The fraction of sp³-hybridized carbons (Fsp3) is 0.933. The fourth-order valence-electron chi connectivity index (χ4n) is 2.99. The van der Waals surface area contributed by atoms with Crippen LogP contribution >= 0.6 is 0 Å². The highest BCUT2D eigenvalue weighted by molar-refractivity contribution is 5.80. The number of piperidine rings is 1. The predicted octanol–water partition coefficient (Wildman–Crippen LogP) is 1.40. The lowest BCUT2D eigenvalue weighted by Crippen LogP contribution is -2.52. The van der Waals surface area contributed by atoms with Gasteiger partial charge in [-0.25, -0.2) is 0 Å². The first kappa shape index (κ1) is 17.4. The van der Waals surface area contributed by atoms with E-state index in [-0.39, 0.29) is 12.0 Å². The van der Waals surface area contributed by atoms with Gasteiger partial charge >= 0.3 is 5.97 Å². The Kier molecular flexibility index (Phi) is 6.92. The number of hydrogen-bond donors (Lipinski definition) is 1. The van der Waals surface area contributed by atoms with Crippen LogP contribution in [0.2, 0.25) is 0 Å². The molecule has 1 aliphatic rings. The van der Waals surface area contributed by atoms with Gasteiger partial charge in [-0.05, 0) is 52.5 Å². The zero-order chi connectivity index (χ0) is 15.2. The third kappa shape index (κ3) is 5.04. The van der Waals surface area contributed by atoms with Crippen LogP contribution in [0.1, 0.15) is 40.0 Å². The molecule has 20 heavy (non-hydrogen) atoms. The summed E-state index contributed by atoms with van der Waals surface area (Å²) in [5.74, 6) is 0.278. The molecular formula is C15H30N2O3.